The fourth-order valence-electron chi connectivity index (χ4n) is 3.44. The quantitative estimate of drug-likeness (QED) is 0.274. The molecule has 3 aromatic rings. The molecule has 15 heteroatoms. The van der Waals surface area contributed by atoms with Gasteiger partial charge in [0, 0.05) is 21.6 Å². The number of amides is 2. The number of halogens is 11. The maximum atomic E-state index is 15.3. The third kappa shape index (κ3) is 5.64. The SMILES string of the molecule is CN(C(=O)c1ccccc1F)c1cccc(C(=O)Nc2c(Br)cc(C(F)(C(F)(F)F)C(F)(F)F)cc2Br)c1F. The van der Waals surface area contributed by atoms with Crippen LogP contribution in [0.1, 0.15) is 26.3 Å². The van der Waals surface area contributed by atoms with Crippen molar-refractivity contribution in [1.29, 1.82) is 0 Å². The van der Waals surface area contributed by atoms with Crippen LogP contribution in [0.4, 0.5) is 50.9 Å². The number of nitrogens with zero attached hydrogens (tertiary/aromatic N) is 1. The predicted octanol–water partition coefficient (Wildman–Crippen LogP) is 8.31. The average Bonchev–Trinajstić information content (AvgIpc) is 2.83. The van der Waals surface area contributed by atoms with Gasteiger partial charge in [0.25, 0.3) is 11.8 Å². The standard InChI is InChI=1S/C24H13Br2F9N2O2/c1-37(21(39)12-5-2-3-7-16(12)27)17-8-4-6-13(18(17)28)20(38)36-19-14(25)9-11(10-15(19)26)22(29,23(30,31)32)24(33,34)35/h2-10H,1H3,(H,36,38). The van der Waals surface area contributed by atoms with Gasteiger partial charge < -0.3 is 10.2 Å². The molecule has 0 fully saturated rings. The smallest absolute Gasteiger partial charge is 0.320 e. The van der Waals surface area contributed by atoms with Gasteiger partial charge in [0.15, 0.2) is 5.82 Å². The maximum Gasteiger partial charge on any atom is 0.435 e. The summed E-state index contributed by atoms with van der Waals surface area (Å²) in [5, 5.41) is 2.11. The van der Waals surface area contributed by atoms with E-state index in [9.17, 15) is 44.7 Å². The summed E-state index contributed by atoms with van der Waals surface area (Å²) >= 11 is 5.41. The van der Waals surface area contributed by atoms with Crippen LogP contribution in [0.3, 0.4) is 0 Å². The highest BCUT2D eigenvalue weighted by Crippen LogP contribution is 2.54. The zero-order valence-electron chi connectivity index (χ0n) is 19.1. The molecule has 0 spiro atoms. The summed E-state index contributed by atoms with van der Waals surface area (Å²) < 4.78 is 121. The zero-order chi connectivity index (χ0) is 29.5. The van der Waals surface area contributed by atoms with Crippen LogP contribution in [-0.2, 0) is 5.67 Å². The molecule has 0 atom stereocenters. The molecule has 3 aromatic carbocycles. The van der Waals surface area contributed by atoms with Gasteiger partial charge in [-0.25, -0.2) is 13.2 Å². The van der Waals surface area contributed by atoms with E-state index in [1.807, 2.05) is 0 Å². The first-order valence-electron chi connectivity index (χ1n) is 10.4. The maximum absolute atomic E-state index is 15.3. The highest BCUT2D eigenvalue weighted by atomic mass is 79.9. The fraction of sp³-hybridized carbons (Fsp3) is 0.167. The molecule has 0 radical (unpaired) electrons. The van der Waals surface area contributed by atoms with Crippen molar-refractivity contribution in [2.75, 3.05) is 17.3 Å². The molecule has 4 nitrogen and oxygen atoms in total. The average molecular weight is 692 g/mol. The van der Waals surface area contributed by atoms with E-state index in [2.05, 4.69) is 37.2 Å². The molecule has 0 aromatic heterocycles. The van der Waals surface area contributed by atoms with Crippen molar-refractivity contribution < 1.29 is 49.1 Å². The minimum atomic E-state index is -6.37. The third-order valence-electron chi connectivity index (χ3n) is 5.45. The van der Waals surface area contributed by atoms with E-state index < -0.39 is 72.9 Å². The topological polar surface area (TPSA) is 49.4 Å². The van der Waals surface area contributed by atoms with Crippen molar-refractivity contribution in [1.82, 2.24) is 0 Å². The molecule has 0 bridgehead atoms. The number of alkyl halides is 7. The monoisotopic (exact) mass is 690 g/mol. The number of hydrogen-bond donors (Lipinski definition) is 1. The highest BCUT2D eigenvalue weighted by molar-refractivity contribution is 9.11. The Labute approximate surface area is 231 Å². The second kappa shape index (κ2) is 10.8. The van der Waals surface area contributed by atoms with Crippen LogP contribution in [-0.4, -0.2) is 31.2 Å². The first-order chi connectivity index (χ1) is 17.9. The molecular weight excluding hydrogens is 679 g/mol. The Morgan fingerprint density at radius 1 is 0.795 bits per heavy atom. The van der Waals surface area contributed by atoms with Crippen molar-refractivity contribution in [2.45, 2.75) is 18.0 Å². The minimum Gasteiger partial charge on any atom is -0.320 e. The molecule has 0 unspecified atom stereocenters. The lowest BCUT2D eigenvalue weighted by molar-refractivity contribution is -0.348. The van der Waals surface area contributed by atoms with E-state index in [1.165, 1.54) is 18.2 Å². The van der Waals surface area contributed by atoms with Crippen molar-refractivity contribution in [2.24, 2.45) is 0 Å². The van der Waals surface area contributed by atoms with Crippen LogP contribution in [0.15, 0.2) is 63.5 Å². The van der Waals surface area contributed by atoms with Crippen LogP contribution >= 0.6 is 31.9 Å². The van der Waals surface area contributed by atoms with E-state index >= 15 is 4.39 Å². The van der Waals surface area contributed by atoms with E-state index in [0.29, 0.717) is 0 Å². The molecule has 0 saturated carbocycles. The van der Waals surface area contributed by atoms with Crippen LogP contribution < -0.4 is 10.2 Å². The zero-order valence-corrected chi connectivity index (χ0v) is 22.3. The van der Waals surface area contributed by atoms with Crippen molar-refractivity contribution in [3.63, 3.8) is 0 Å². The van der Waals surface area contributed by atoms with Gasteiger partial charge in [0.05, 0.1) is 22.5 Å². The van der Waals surface area contributed by atoms with Crippen molar-refractivity contribution in [3.05, 3.63) is 91.9 Å². The van der Waals surface area contributed by atoms with Gasteiger partial charge >= 0.3 is 18.0 Å². The molecule has 2 amide bonds. The van der Waals surface area contributed by atoms with E-state index in [4.69, 9.17) is 0 Å². The number of carbonyl (C=O) groups excluding carboxylic acids is 2. The van der Waals surface area contributed by atoms with Crippen molar-refractivity contribution >= 4 is 55.0 Å². The van der Waals surface area contributed by atoms with Gasteiger partial charge in [0.2, 0.25) is 0 Å². The highest BCUT2D eigenvalue weighted by Gasteiger charge is 2.73. The van der Waals surface area contributed by atoms with Crippen LogP contribution in [0.5, 0.6) is 0 Å². The number of nitrogens with one attached hydrogen (secondary N) is 1. The molecule has 208 valence electrons. The minimum absolute atomic E-state index is 0.176. The molecule has 0 aliphatic rings. The molecule has 0 heterocycles. The normalized spacial score (nSPS) is 12.3. The lowest BCUT2D eigenvalue weighted by Crippen LogP contribution is -2.50. The lowest BCUT2D eigenvalue weighted by atomic mass is 9.94. The summed E-state index contributed by atoms with van der Waals surface area (Å²) in [6, 6.07) is 8.50. The Bertz CT molecular complexity index is 1400. The van der Waals surface area contributed by atoms with Gasteiger partial charge in [-0.15, -0.1) is 0 Å². The van der Waals surface area contributed by atoms with Gasteiger partial charge in [0.1, 0.15) is 5.82 Å². The van der Waals surface area contributed by atoms with Gasteiger partial charge in [-0.05, 0) is 68.3 Å². The van der Waals surface area contributed by atoms with Crippen molar-refractivity contribution in [3.8, 4) is 0 Å². The van der Waals surface area contributed by atoms with E-state index in [1.54, 1.807) is 0 Å². The lowest BCUT2D eigenvalue weighted by Gasteiger charge is -2.31. The summed E-state index contributed by atoms with van der Waals surface area (Å²) in [7, 11) is 1.12. The number of hydrogen-bond acceptors (Lipinski definition) is 2. The largest absolute Gasteiger partial charge is 0.435 e. The molecule has 3 rings (SSSR count). The summed E-state index contributed by atoms with van der Waals surface area (Å²) in [6.45, 7) is 0. The van der Waals surface area contributed by atoms with Crippen LogP contribution in [0, 0.1) is 11.6 Å². The molecule has 0 saturated heterocycles. The Morgan fingerprint density at radius 3 is 1.82 bits per heavy atom. The van der Waals surface area contributed by atoms with E-state index in [-0.39, 0.29) is 17.7 Å². The first-order valence-corrected chi connectivity index (χ1v) is 11.9. The van der Waals surface area contributed by atoms with Gasteiger partial charge in [-0.3, -0.25) is 9.59 Å². The van der Waals surface area contributed by atoms with Crippen LogP contribution in [0.25, 0.3) is 0 Å². The Balaban J connectivity index is 1.97. The second-order valence-corrected chi connectivity index (χ2v) is 9.61. The summed E-state index contributed by atoms with van der Waals surface area (Å²) in [5.41, 5.74) is -9.53. The molecule has 39 heavy (non-hydrogen) atoms. The molecule has 0 aliphatic carbocycles. The van der Waals surface area contributed by atoms with Gasteiger partial charge in [-0.1, -0.05) is 18.2 Å². The summed E-state index contributed by atoms with van der Waals surface area (Å²) in [4.78, 5) is 26.2. The molecular formula is C24H13Br2F9N2O2. The number of benzene rings is 3. The Hall–Kier alpha value is -3.07. The Kier molecular flexibility index (Phi) is 8.46. The van der Waals surface area contributed by atoms with E-state index in [0.717, 1.165) is 36.2 Å². The second-order valence-electron chi connectivity index (χ2n) is 7.91. The number of carbonyl (C=O) groups is 2. The third-order valence-corrected chi connectivity index (χ3v) is 6.70. The van der Waals surface area contributed by atoms with Gasteiger partial charge in [-0.2, -0.15) is 26.3 Å². The summed E-state index contributed by atoms with van der Waals surface area (Å²) in [5.74, 6) is -4.30. The van der Waals surface area contributed by atoms with Crippen LogP contribution in [0.2, 0.25) is 0 Å². The predicted molar refractivity (Wildman–Crippen MR) is 130 cm³/mol. The molecule has 1 N–H and O–H groups in total. The fourth-order valence-corrected chi connectivity index (χ4v) is 4.82. The summed E-state index contributed by atoms with van der Waals surface area (Å²) in [6.07, 6.45) is -12.7. The number of anilines is 2. The molecule has 0 aliphatic heterocycles. The number of rotatable bonds is 5. The Morgan fingerprint density at radius 2 is 1.31 bits per heavy atom. The first kappa shape index (κ1) is 30.5.